The third kappa shape index (κ3) is 1.60. The number of aromatic carboxylic acids is 1. The Hall–Kier alpha value is -1.38. The maximum Gasteiger partial charge on any atom is 0.336 e. The second-order valence-corrected chi connectivity index (χ2v) is 4.55. The molecule has 1 aromatic carbocycles. The highest BCUT2D eigenvalue weighted by atomic mass is 79.9. The van der Waals surface area contributed by atoms with Crippen LogP contribution < -0.4 is 0 Å². The summed E-state index contributed by atoms with van der Waals surface area (Å²) in [6.07, 6.45) is 0. The Kier molecular flexibility index (Phi) is 2.70. The zero-order chi connectivity index (χ0) is 11.8. The van der Waals surface area contributed by atoms with Gasteiger partial charge in [0.2, 0.25) is 0 Å². The van der Waals surface area contributed by atoms with Crippen molar-refractivity contribution in [3.63, 3.8) is 0 Å². The summed E-state index contributed by atoms with van der Waals surface area (Å²) in [5, 5.41) is 9.08. The Morgan fingerprint density at radius 1 is 1.56 bits per heavy atom. The number of carboxylic acid groups (broad SMARTS) is 1. The highest BCUT2D eigenvalue weighted by molar-refractivity contribution is 9.10. The minimum absolute atomic E-state index is 0.169. The van der Waals surface area contributed by atoms with Crippen LogP contribution in [0, 0.1) is 6.57 Å². The summed E-state index contributed by atoms with van der Waals surface area (Å²) in [5.74, 6) is -1.02. The van der Waals surface area contributed by atoms with Crippen LogP contribution in [0.2, 0.25) is 0 Å². The van der Waals surface area contributed by atoms with E-state index in [1.165, 1.54) is 6.07 Å². The molecule has 1 aliphatic rings. The Morgan fingerprint density at radius 2 is 2.25 bits per heavy atom. The lowest BCUT2D eigenvalue weighted by molar-refractivity contribution is -0.0358. The molecule has 0 saturated carbocycles. The van der Waals surface area contributed by atoms with Gasteiger partial charge in [0.05, 0.1) is 11.1 Å². The fourth-order valence-electron chi connectivity index (χ4n) is 1.66. The average molecular weight is 282 g/mol. The monoisotopic (exact) mass is 281 g/mol. The standard InChI is InChI=1S/C11H8BrNO3/c1-13-11(5-16-6-11)9-4-7(12)2-3-8(9)10(14)15/h2-4H,5-6H2,(H,14,15). The van der Waals surface area contributed by atoms with Crippen LogP contribution in [0.3, 0.4) is 0 Å². The van der Waals surface area contributed by atoms with Crippen molar-refractivity contribution in [3.05, 3.63) is 45.2 Å². The van der Waals surface area contributed by atoms with Gasteiger partial charge < -0.3 is 9.84 Å². The SMILES string of the molecule is [C-]#[N+]C1(c2cc(Br)ccc2C(=O)O)COC1. The highest BCUT2D eigenvalue weighted by Gasteiger charge is 2.49. The van der Waals surface area contributed by atoms with Crippen molar-refractivity contribution in [2.24, 2.45) is 0 Å². The van der Waals surface area contributed by atoms with Gasteiger partial charge in [-0.2, -0.15) is 0 Å². The van der Waals surface area contributed by atoms with Crippen LogP contribution in [0.1, 0.15) is 15.9 Å². The second-order valence-electron chi connectivity index (χ2n) is 3.63. The molecule has 0 aliphatic carbocycles. The first-order valence-corrected chi connectivity index (χ1v) is 5.38. The van der Waals surface area contributed by atoms with Gasteiger partial charge in [-0.1, -0.05) is 15.9 Å². The fraction of sp³-hybridized carbons (Fsp3) is 0.273. The summed E-state index contributed by atoms with van der Waals surface area (Å²) in [6.45, 7) is 7.70. The van der Waals surface area contributed by atoms with E-state index in [1.807, 2.05) is 0 Å². The van der Waals surface area contributed by atoms with Gasteiger partial charge in [-0.3, -0.25) is 4.85 Å². The molecule has 0 spiro atoms. The summed E-state index contributed by atoms with van der Waals surface area (Å²) in [6, 6.07) is 4.85. The molecule has 4 nitrogen and oxygen atoms in total. The number of carbonyl (C=O) groups is 1. The van der Waals surface area contributed by atoms with Gasteiger partial charge in [-0.15, -0.1) is 0 Å². The first-order valence-electron chi connectivity index (χ1n) is 4.59. The smallest absolute Gasteiger partial charge is 0.336 e. The van der Waals surface area contributed by atoms with Crippen molar-refractivity contribution in [1.29, 1.82) is 0 Å². The van der Waals surface area contributed by atoms with Gasteiger partial charge in [-0.05, 0) is 18.2 Å². The maximum atomic E-state index is 11.1. The Balaban J connectivity index is 2.58. The molecule has 2 rings (SSSR count). The fourth-order valence-corrected chi connectivity index (χ4v) is 2.02. The molecule has 0 aromatic heterocycles. The predicted molar refractivity (Wildman–Crippen MR) is 60.2 cm³/mol. The van der Waals surface area contributed by atoms with E-state index >= 15 is 0 Å². The van der Waals surface area contributed by atoms with Gasteiger partial charge in [0.25, 0.3) is 0 Å². The molecule has 1 heterocycles. The second kappa shape index (κ2) is 3.89. The molecule has 0 amide bonds. The molecule has 1 aromatic rings. The molecule has 5 heteroatoms. The predicted octanol–water partition coefficient (Wildman–Crippen LogP) is 2.29. The number of nitrogens with zero attached hydrogens (tertiary/aromatic N) is 1. The molecule has 16 heavy (non-hydrogen) atoms. The van der Waals surface area contributed by atoms with Crippen molar-refractivity contribution in [1.82, 2.24) is 0 Å². The Labute approximate surface area is 101 Å². The molecule has 1 saturated heterocycles. The van der Waals surface area contributed by atoms with E-state index in [0.717, 1.165) is 4.47 Å². The minimum Gasteiger partial charge on any atom is -0.478 e. The molecule has 82 valence electrons. The van der Waals surface area contributed by atoms with Crippen molar-refractivity contribution in [2.75, 3.05) is 13.2 Å². The number of benzene rings is 1. The zero-order valence-electron chi connectivity index (χ0n) is 8.24. The summed E-state index contributed by atoms with van der Waals surface area (Å²) in [7, 11) is 0. The molecule has 0 bridgehead atoms. The summed E-state index contributed by atoms with van der Waals surface area (Å²) < 4.78 is 5.80. The van der Waals surface area contributed by atoms with E-state index in [0.29, 0.717) is 5.56 Å². The van der Waals surface area contributed by atoms with E-state index in [-0.39, 0.29) is 18.8 Å². The molecular formula is C11H8BrNO3. The van der Waals surface area contributed by atoms with Crippen LogP contribution in [0.25, 0.3) is 4.85 Å². The lowest BCUT2D eigenvalue weighted by Crippen LogP contribution is -2.44. The number of hydrogen-bond acceptors (Lipinski definition) is 2. The van der Waals surface area contributed by atoms with Crippen molar-refractivity contribution < 1.29 is 14.6 Å². The molecular weight excluding hydrogens is 274 g/mol. The van der Waals surface area contributed by atoms with Crippen LogP contribution in [0.4, 0.5) is 0 Å². The lowest BCUT2D eigenvalue weighted by Gasteiger charge is -2.31. The van der Waals surface area contributed by atoms with E-state index < -0.39 is 11.5 Å². The number of rotatable bonds is 2. The molecule has 0 atom stereocenters. The van der Waals surface area contributed by atoms with Crippen molar-refractivity contribution >= 4 is 21.9 Å². The van der Waals surface area contributed by atoms with Crippen molar-refractivity contribution in [3.8, 4) is 0 Å². The number of carboxylic acids is 1. The van der Waals surface area contributed by atoms with Gasteiger partial charge >= 0.3 is 11.5 Å². The van der Waals surface area contributed by atoms with E-state index in [9.17, 15) is 4.79 Å². The lowest BCUT2D eigenvalue weighted by atomic mass is 9.85. The van der Waals surface area contributed by atoms with Gasteiger partial charge in [-0.25, -0.2) is 11.4 Å². The first-order chi connectivity index (χ1) is 7.59. The normalized spacial score (nSPS) is 17.2. The Morgan fingerprint density at radius 3 is 2.69 bits per heavy atom. The highest BCUT2D eigenvalue weighted by Crippen LogP contribution is 2.37. The third-order valence-electron chi connectivity index (χ3n) is 2.61. The van der Waals surface area contributed by atoms with E-state index in [2.05, 4.69) is 20.8 Å². The van der Waals surface area contributed by atoms with Crippen LogP contribution in [-0.4, -0.2) is 24.3 Å². The molecule has 1 aliphatic heterocycles. The summed E-state index contributed by atoms with van der Waals surface area (Å²) >= 11 is 3.28. The average Bonchev–Trinajstić information content (AvgIpc) is 2.16. The number of halogens is 1. The molecule has 1 N–H and O–H groups in total. The van der Waals surface area contributed by atoms with Gasteiger partial charge in [0.1, 0.15) is 13.2 Å². The third-order valence-corrected chi connectivity index (χ3v) is 3.10. The largest absolute Gasteiger partial charge is 0.478 e. The molecule has 0 radical (unpaired) electrons. The van der Waals surface area contributed by atoms with Gasteiger partial charge in [0, 0.05) is 4.47 Å². The maximum absolute atomic E-state index is 11.1. The number of hydrogen-bond donors (Lipinski definition) is 1. The number of ether oxygens (including phenoxy) is 1. The zero-order valence-corrected chi connectivity index (χ0v) is 9.82. The first kappa shape index (κ1) is 11.1. The Bertz CT molecular complexity index is 488. The van der Waals surface area contributed by atoms with Crippen LogP contribution >= 0.6 is 15.9 Å². The summed E-state index contributed by atoms with van der Waals surface area (Å²) in [4.78, 5) is 14.6. The topological polar surface area (TPSA) is 50.9 Å². The quantitative estimate of drug-likeness (QED) is 0.847. The minimum atomic E-state index is -1.02. The van der Waals surface area contributed by atoms with Crippen LogP contribution in [-0.2, 0) is 10.3 Å². The van der Waals surface area contributed by atoms with Gasteiger partial charge in [0.15, 0.2) is 0 Å². The van der Waals surface area contributed by atoms with Crippen LogP contribution in [0.15, 0.2) is 22.7 Å². The summed E-state index contributed by atoms with van der Waals surface area (Å²) in [5.41, 5.74) is -0.129. The van der Waals surface area contributed by atoms with Crippen LogP contribution in [0.5, 0.6) is 0 Å². The molecule has 1 fully saturated rings. The van der Waals surface area contributed by atoms with E-state index in [4.69, 9.17) is 16.4 Å². The van der Waals surface area contributed by atoms with E-state index in [1.54, 1.807) is 12.1 Å². The molecule has 0 unspecified atom stereocenters. The van der Waals surface area contributed by atoms with Crippen molar-refractivity contribution in [2.45, 2.75) is 5.54 Å².